The average molecular weight is 289 g/mol. The second-order valence-corrected chi connectivity index (χ2v) is 4.85. The Morgan fingerprint density at radius 3 is 2.82 bits per heavy atom. The summed E-state index contributed by atoms with van der Waals surface area (Å²) in [7, 11) is 0. The van der Waals surface area contributed by atoms with Crippen LogP contribution in [0.1, 0.15) is 6.92 Å². The first-order valence-electron chi connectivity index (χ1n) is 4.49. The molecule has 0 aliphatic heterocycles. The minimum atomic E-state index is 0.199. The van der Waals surface area contributed by atoms with E-state index in [2.05, 4.69) is 21.7 Å². The molecule has 0 spiro atoms. The van der Waals surface area contributed by atoms with Crippen LogP contribution in [0.15, 0.2) is 44.2 Å². The number of hydrogen-bond acceptors (Lipinski definition) is 5. The van der Waals surface area contributed by atoms with Gasteiger partial charge in [0.15, 0.2) is 5.82 Å². The Labute approximate surface area is 114 Å². The van der Waals surface area contributed by atoms with Gasteiger partial charge in [-0.2, -0.15) is 0 Å². The van der Waals surface area contributed by atoms with E-state index < -0.39 is 0 Å². The van der Waals surface area contributed by atoms with Gasteiger partial charge < -0.3 is 5.73 Å². The van der Waals surface area contributed by atoms with E-state index >= 15 is 0 Å². The molecule has 0 atom stereocenters. The number of hydrogen-bond donors (Lipinski definition) is 1. The SMILES string of the molecule is C=N/C(Sc1ccncc1Cl)=C(N)\N=C(/C)Cl. The fourth-order valence-electron chi connectivity index (χ4n) is 0.929. The third-order valence-electron chi connectivity index (χ3n) is 1.58. The molecule has 0 unspecified atom stereocenters. The van der Waals surface area contributed by atoms with Gasteiger partial charge in [-0.15, -0.1) is 0 Å². The summed E-state index contributed by atoms with van der Waals surface area (Å²) < 4.78 is 0. The molecule has 1 aromatic heterocycles. The molecule has 1 aromatic rings. The highest BCUT2D eigenvalue weighted by molar-refractivity contribution is 8.03. The molecule has 0 fully saturated rings. The first-order valence-corrected chi connectivity index (χ1v) is 6.06. The van der Waals surface area contributed by atoms with Gasteiger partial charge in [-0.1, -0.05) is 35.0 Å². The molecule has 0 bridgehead atoms. The number of thioether (sulfide) groups is 1. The van der Waals surface area contributed by atoms with Crippen LogP contribution in [-0.4, -0.2) is 16.9 Å². The fraction of sp³-hybridized carbons (Fsp3) is 0.100. The molecule has 0 aromatic carbocycles. The van der Waals surface area contributed by atoms with Crippen LogP contribution in [0.5, 0.6) is 0 Å². The van der Waals surface area contributed by atoms with Crippen molar-refractivity contribution in [2.75, 3.05) is 0 Å². The van der Waals surface area contributed by atoms with Gasteiger partial charge in [-0.25, -0.2) is 4.99 Å². The van der Waals surface area contributed by atoms with Gasteiger partial charge in [0, 0.05) is 17.3 Å². The van der Waals surface area contributed by atoms with Crippen LogP contribution in [0, 0.1) is 0 Å². The van der Waals surface area contributed by atoms with E-state index in [1.165, 1.54) is 18.0 Å². The predicted molar refractivity (Wildman–Crippen MR) is 74.8 cm³/mol. The zero-order valence-electron chi connectivity index (χ0n) is 9.02. The van der Waals surface area contributed by atoms with E-state index in [0.29, 0.717) is 15.2 Å². The first-order chi connectivity index (χ1) is 8.04. The van der Waals surface area contributed by atoms with E-state index in [1.54, 1.807) is 19.2 Å². The molecule has 0 aliphatic carbocycles. The lowest BCUT2D eigenvalue weighted by Crippen LogP contribution is -1.98. The number of rotatable bonds is 4. The molecular weight excluding hydrogens is 279 g/mol. The summed E-state index contributed by atoms with van der Waals surface area (Å²) in [6.07, 6.45) is 3.16. The Morgan fingerprint density at radius 1 is 1.59 bits per heavy atom. The van der Waals surface area contributed by atoms with E-state index in [0.717, 1.165) is 4.90 Å². The van der Waals surface area contributed by atoms with Gasteiger partial charge in [-0.3, -0.25) is 9.98 Å². The zero-order chi connectivity index (χ0) is 12.8. The van der Waals surface area contributed by atoms with Gasteiger partial charge in [0.05, 0.1) is 5.02 Å². The lowest BCUT2D eigenvalue weighted by atomic mass is 10.5. The summed E-state index contributed by atoms with van der Waals surface area (Å²) in [5, 5.41) is 1.28. The van der Waals surface area contributed by atoms with Crippen molar-refractivity contribution >= 4 is 46.9 Å². The lowest BCUT2D eigenvalue weighted by molar-refractivity contribution is 1.20. The van der Waals surface area contributed by atoms with Gasteiger partial charge >= 0.3 is 0 Å². The lowest BCUT2D eigenvalue weighted by Gasteiger charge is -2.04. The maximum absolute atomic E-state index is 5.97. The number of aliphatic imine (C=N–C) groups is 2. The Balaban J connectivity index is 3.03. The van der Waals surface area contributed by atoms with Crippen molar-refractivity contribution in [1.29, 1.82) is 0 Å². The Bertz CT molecular complexity index is 481. The summed E-state index contributed by atoms with van der Waals surface area (Å²) in [6, 6.07) is 1.75. The van der Waals surface area contributed by atoms with Gasteiger partial charge in [-0.05, 0) is 19.7 Å². The summed E-state index contributed by atoms with van der Waals surface area (Å²) in [4.78, 5) is 12.4. The van der Waals surface area contributed by atoms with Crippen molar-refractivity contribution in [3.8, 4) is 0 Å². The van der Waals surface area contributed by atoms with E-state index in [1.807, 2.05) is 0 Å². The topological polar surface area (TPSA) is 63.6 Å². The van der Waals surface area contributed by atoms with Crippen molar-refractivity contribution in [2.24, 2.45) is 15.7 Å². The second-order valence-electron chi connectivity index (χ2n) is 2.87. The highest BCUT2D eigenvalue weighted by Crippen LogP contribution is 2.33. The number of aromatic nitrogens is 1. The molecule has 4 nitrogen and oxygen atoms in total. The molecule has 2 N–H and O–H groups in total. The molecule has 0 saturated heterocycles. The van der Waals surface area contributed by atoms with E-state index in [4.69, 9.17) is 28.9 Å². The Hall–Kier alpha value is -1.04. The van der Waals surface area contributed by atoms with Crippen molar-refractivity contribution in [2.45, 2.75) is 11.8 Å². The van der Waals surface area contributed by atoms with Gasteiger partial charge in [0.2, 0.25) is 0 Å². The van der Waals surface area contributed by atoms with Crippen molar-refractivity contribution in [3.05, 3.63) is 34.3 Å². The van der Waals surface area contributed by atoms with Crippen molar-refractivity contribution in [3.63, 3.8) is 0 Å². The molecule has 1 rings (SSSR count). The summed E-state index contributed by atoms with van der Waals surface area (Å²) >= 11 is 12.9. The maximum Gasteiger partial charge on any atom is 0.157 e. The number of halogens is 2. The van der Waals surface area contributed by atoms with E-state index in [9.17, 15) is 0 Å². The minimum Gasteiger partial charge on any atom is -0.381 e. The maximum atomic E-state index is 5.97. The number of pyridine rings is 1. The highest BCUT2D eigenvalue weighted by atomic mass is 35.5. The van der Waals surface area contributed by atoms with Crippen LogP contribution in [0.25, 0.3) is 0 Å². The van der Waals surface area contributed by atoms with Crippen LogP contribution < -0.4 is 5.73 Å². The molecule has 7 heteroatoms. The summed E-state index contributed by atoms with van der Waals surface area (Å²) in [5.41, 5.74) is 5.72. The quantitative estimate of drug-likeness (QED) is 0.683. The molecular formula is C10H10Cl2N4S. The van der Waals surface area contributed by atoms with Crippen molar-refractivity contribution < 1.29 is 0 Å². The predicted octanol–water partition coefficient (Wildman–Crippen LogP) is 3.27. The number of nitrogens with zero attached hydrogens (tertiary/aromatic N) is 3. The van der Waals surface area contributed by atoms with Crippen LogP contribution in [0.3, 0.4) is 0 Å². The Morgan fingerprint density at radius 2 is 2.29 bits per heavy atom. The monoisotopic (exact) mass is 288 g/mol. The fourth-order valence-corrected chi connectivity index (χ4v) is 1.96. The third-order valence-corrected chi connectivity index (χ3v) is 3.18. The molecule has 1 heterocycles. The number of nitrogens with two attached hydrogens (primary N) is 1. The minimum absolute atomic E-state index is 0.199. The summed E-state index contributed by atoms with van der Waals surface area (Å²) in [6.45, 7) is 5.06. The smallest absolute Gasteiger partial charge is 0.157 e. The van der Waals surface area contributed by atoms with Crippen LogP contribution in [0.4, 0.5) is 0 Å². The van der Waals surface area contributed by atoms with Crippen LogP contribution in [0.2, 0.25) is 5.02 Å². The molecule has 0 aliphatic rings. The molecule has 0 saturated carbocycles. The van der Waals surface area contributed by atoms with Gasteiger partial charge in [0.25, 0.3) is 0 Å². The average Bonchev–Trinajstić information content (AvgIpc) is 2.27. The van der Waals surface area contributed by atoms with Crippen LogP contribution in [-0.2, 0) is 0 Å². The zero-order valence-corrected chi connectivity index (χ0v) is 11.4. The largest absolute Gasteiger partial charge is 0.381 e. The normalized spacial score (nSPS) is 13.2. The molecule has 17 heavy (non-hydrogen) atoms. The second kappa shape index (κ2) is 6.64. The van der Waals surface area contributed by atoms with E-state index in [-0.39, 0.29) is 5.82 Å². The van der Waals surface area contributed by atoms with Gasteiger partial charge in [0.1, 0.15) is 10.2 Å². The van der Waals surface area contributed by atoms with Crippen LogP contribution >= 0.6 is 35.0 Å². The molecule has 0 amide bonds. The third kappa shape index (κ3) is 4.38. The standard InChI is InChI=1S/C10H10Cl2N4S/c1-6(11)16-9(13)10(14-2)17-8-3-4-15-5-7(8)12/h3-5H,2,13H2,1H3/b10-9+,16-6+. The molecule has 0 radical (unpaired) electrons. The van der Waals surface area contributed by atoms with Crippen molar-refractivity contribution in [1.82, 2.24) is 4.98 Å². The Kier molecular flexibility index (Phi) is 5.47. The first kappa shape index (κ1) is 14.0. The highest BCUT2D eigenvalue weighted by Gasteiger charge is 2.07. The summed E-state index contributed by atoms with van der Waals surface area (Å²) in [5.74, 6) is 0.199. The molecule has 90 valence electrons.